The number of para-hydroxylation sites is 1. The number of fused-ring (bicyclic) bond motifs is 1. The van der Waals surface area contributed by atoms with Crippen LogP contribution in [-0.2, 0) is 7.05 Å². The Hall–Kier alpha value is -2.69. The van der Waals surface area contributed by atoms with Gasteiger partial charge in [-0.3, -0.25) is 0 Å². The molecule has 0 amide bonds. The van der Waals surface area contributed by atoms with Crippen LogP contribution >= 0.6 is 0 Å². The van der Waals surface area contributed by atoms with Gasteiger partial charge in [-0.05, 0) is 19.1 Å². The van der Waals surface area contributed by atoms with E-state index >= 15 is 0 Å². The first kappa shape index (κ1) is 12.3. The zero-order valence-electron chi connectivity index (χ0n) is 11.2. The summed E-state index contributed by atoms with van der Waals surface area (Å²) in [6, 6.07) is 9.50. The van der Waals surface area contributed by atoms with Gasteiger partial charge < -0.3 is 9.67 Å². The SMILES string of the molecule is Cc1c(-c2cc(C(=O)O)ncn2)c2ccccc2n1C. The molecule has 2 heterocycles. The molecule has 0 unspecified atom stereocenters. The molecule has 5 heteroatoms. The molecule has 0 aliphatic heterocycles. The zero-order valence-corrected chi connectivity index (χ0v) is 11.2. The van der Waals surface area contributed by atoms with Crippen molar-refractivity contribution >= 4 is 16.9 Å². The van der Waals surface area contributed by atoms with E-state index in [1.54, 1.807) is 0 Å². The first-order chi connectivity index (χ1) is 9.59. The molecule has 3 aromatic rings. The van der Waals surface area contributed by atoms with Crippen LogP contribution in [-0.4, -0.2) is 25.6 Å². The third-order valence-corrected chi connectivity index (χ3v) is 3.54. The van der Waals surface area contributed by atoms with Crippen molar-refractivity contribution in [1.82, 2.24) is 14.5 Å². The fourth-order valence-corrected chi connectivity index (χ4v) is 2.46. The quantitative estimate of drug-likeness (QED) is 0.775. The molecule has 0 spiro atoms. The van der Waals surface area contributed by atoms with Crippen molar-refractivity contribution in [1.29, 1.82) is 0 Å². The molecule has 0 fully saturated rings. The largest absolute Gasteiger partial charge is 0.477 e. The zero-order chi connectivity index (χ0) is 14.3. The number of rotatable bonds is 2. The molecule has 0 bridgehead atoms. The molecule has 0 saturated carbocycles. The number of aromatic nitrogens is 3. The Morgan fingerprint density at radius 1 is 1.25 bits per heavy atom. The molecule has 1 N–H and O–H groups in total. The van der Waals surface area contributed by atoms with Crippen LogP contribution in [0.1, 0.15) is 16.2 Å². The van der Waals surface area contributed by atoms with Gasteiger partial charge in [0.25, 0.3) is 0 Å². The number of benzene rings is 1. The minimum Gasteiger partial charge on any atom is -0.477 e. The van der Waals surface area contributed by atoms with Crippen molar-refractivity contribution in [3.8, 4) is 11.3 Å². The van der Waals surface area contributed by atoms with Crippen molar-refractivity contribution < 1.29 is 9.90 Å². The molecule has 0 saturated heterocycles. The van der Waals surface area contributed by atoms with Gasteiger partial charge in [-0.25, -0.2) is 14.8 Å². The van der Waals surface area contributed by atoms with E-state index in [1.165, 1.54) is 12.4 Å². The molecule has 0 aliphatic carbocycles. The molecule has 2 aromatic heterocycles. The van der Waals surface area contributed by atoms with E-state index in [4.69, 9.17) is 5.11 Å². The molecule has 0 radical (unpaired) electrons. The second kappa shape index (κ2) is 4.45. The van der Waals surface area contributed by atoms with E-state index in [2.05, 4.69) is 14.5 Å². The number of carboxylic acids is 1. The highest BCUT2D eigenvalue weighted by molar-refractivity contribution is 5.98. The lowest BCUT2D eigenvalue weighted by Gasteiger charge is -2.02. The summed E-state index contributed by atoms with van der Waals surface area (Å²) in [5.41, 5.74) is 3.72. The summed E-state index contributed by atoms with van der Waals surface area (Å²) in [6.45, 7) is 2.00. The highest BCUT2D eigenvalue weighted by Crippen LogP contribution is 2.32. The van der Waals surface area contributed by atoms with Crippen LogP contribution in [0, 0.1) is 6.92 Å². The van der Waals surface area contributed by atoms with Gasteiger partial charge in [-0.1, -0.05) is 18.2 Å². The van der Waals surface area contributed by atoms with Gasteiger partial charge >= 0.3 is 5.97 Å². The van der Waals surface area contributed by atoms with Crippen LogP contribution in [0.15, 0.2) is 36.7 Å². The molecule has 20 heavy (non-hydrogen) atoms. The van der Waals surface area contributed by atoms with Crippen molar-refractivity contribution in [3.05, 3.63) is 48.0 Å². The maximum atomic E-state index is 11.0. The van der Waals surface area contributed by atoms with Gasteiger partial charge in [-0.2, -0.15) is 0 Å². The average Bonchev–Trinajstić information content (AvgIpc) is 2.72. The van der Waals surface area contributed by atoms with E-state index in [0.29, 0.717) is 5.69 Å². The van der Waals surface area contributed by atoms with Crippen molar-refractivity contribution in [3.63, 3.8) is 0 Å². The third kappa shape index (κ3) is 1.75. The van der Waals surface area contributed by atoms with Crippen molar-refractivity contribution in [2.45, 2.75) is 6.92 Å². The second-order valence-corrected chi connectivity index (χ2v) is 4.63. The Morgan fingerprint density at radius 3 is 2.75 bits per heavy atom. The average molecular weight is 267 g/mol. The van der Waals surface area contributed by atoms with E-state index in [9.17, 15) is 4.79 Å². The highest BCUT2D eigenvalue weighted by Gasteiger charge is 2.16. The molecule has 5 nitrogen and oxygen atoms in total. The van der Waals surface area contributed by atoms with Crippen molar-refractivity contribution in [2.24, 2.45) is 7.05 Å². The van der Waals surface area contributed by atoms with E-state index < -0.39 is 5.97 Å². The van der Waals surface area contributed by atoms with Crippen molar-refractivity contribution in [2.75, 3.05) is 0 Å². The Labute approximate surface area is 115 Å². The van der Waals surface area contributed by atoms with Crippen LogP contribution in [0.4, 0.5) is 0 Å². The van der Waals surface area contributed by atoms with E-state index in [-0.39, 0.29) is 5.69 Å². The van der Waals surface area contributed by atoms with Gasteiger partial charge in [0, 0.05) is 29.2 Å². The maximum Gasteiger partial charge on any atom is 0.354 e. The summed E-state index contributed by atoms with van der Waals surface area (Å²) in [4.78, 5) is 19.0. The number of aromatic carboxylic acids is 1. The molecule has 0 atom stereocenters. The molecule has 100 valence electrons. The Kier molecular flexibility index (Phi) is 2.75. The summed E-state index contributed by atoms with van der Waals surface area (Å²) in [6.07, 6.45) is 1.29. The van der Waals surface area contributed by atoms with Crippen LogP contribution in [0.3, 0.4) is 0 Å². The lowest BCUT2D eigenvalue weighted by molar-refractivity contribution is 0.0690. The lowest BCUT2D eigenvalue weighted by atomic mass is 10.1. The molecule has 1 aromatic carbocycles. The minimum atomic E-state index is -1.05. The van der Waals surface area contributed by atoms with Gasteiger partial charge in [-0.15, -0.1) is 0 Å². The number of carbonyl (C=O) groups is 1. The monoisotopic (exact) mass is 267 g/mol. The van der Waals surface area contributed by atoms with E-state index in [0.717, 1.165) is 22.2 Å². The number of carboxylic acid groups (broad SMARTS) is 1. The summed E-state index contributed by atoms with van der Waals surface area (Å²) in [5.74, 6) is -1.05. The fourth-order valence-electron chi connectivity index (χ4n) is 2.46. The Morgan fingerprint density at radius 2 is 2.00 bits per heavy atom. The molecular formula is C15H13N3O2. The predicted octanol–water partition coefficient (Wildman–Crippen LogP) is 2.64. The molecule has 3 rings (SSSR count). The molecule has 0 aliphatic rings. The first-order valence-corrected chi connectivity index (χ1v) is 6.19. The number of nitrogens with zero attached hydrogens (tertiary/aromatic N) is 3. The van der Waals surface area contributed by atoms with Crippen LogP contribution in [0.5, 0.6) is 0 Å². The Balaban J connectivity index is 2.32. The topological polar surface area (TPSA) is 68.0 Å². The van der Waals surface area contributed by atoms with Gasteiger partial charge in [0.05, 0.1) is 5.69 Å². The fraction of sp³-hybridized carbons (Fsp3) is 0.133. The predicted molar refractivity (Wildman–Crippen MR) is 75.6 cm³/mol. The highest BCUT2D eigenvalue weighted by atomic mass is 16.4. The maximum absolute atomic E-state index is 11.0. The number of hydrogen-bond donors (Lipinski definition) is 1. The summed E-state index contributed by atoms with van der Waals surface area (Å²) < 4.78 is 2.08. The van der Waals surface area contributed by atoms with Gasteiger partial charge in [0.2, 0.25) is 0 Å². The standard InChI is InChI=1S/C15H13N3O2/c1-9-14(10-5-3-4-6-13(10)18(9)2)11-7-12(15(19)20)17-8-16-11/h3-8H,1-2H3,(H,19,20). The number of aryl methyl sites for hydroxylation is 1. The van der Waals surface area contributed by atoms with Crippen LogP contribution < -0.4 is 0 Å². The summed E-state index contributed by atoms with van der Waals surface area (Å²) >= 11 is 0. The summed E-state index contributed by atoms with van der Waals surface area (Å²) in [7, 11) is 1.99. The lowest BCUT2D eigenvalue weighted by Crippen LogP contribution is -2.01. The third-order valence-electron chi connectivity index (χ3n) is 3.54. The van der Waals surface area contributed by atoms with Gasteiger partial charge in [0.1, 0.15) is 6.33 Å². The minimum absolute atomic E-state index is 0.00216. The smallest absolute Gasteiger partial charge is 0.354 e. The number of hydrogen-bond acceptors (Lipinski definition) is 3. The molecular weight excluding hydrogens is 254 g/mol. The summed E-state index contributed by atoms with van der Waals surface area (Å²) in [5, 5.41) is 10.1. The second-order valence-electron chi connectivity index (χ2n) is 4.63. The van der Waals surface area contributed by atoms with E-state index in [1.807, 2.05) is 38.2 Å². The van der Waals surface area contributed by atoms with Crippen LogP contribution in [0.2, 0.25) is 0 Å². The first-order valence-electron chi connectivity index (χ1n) is 6.19. The Bertz CT molecular complexity index is 821. The van der Waals surface area contributed by atoms with Gasteiger partial charge in [0.15, 0.2) is 5.69 Å². The normalized spacial score (nSPS) is 10.9. The van der Waals surface area contributed by atoms with Crippen LogP contribution in [0.25, 0.3) is 22.2 Å².